The van der Waals surface area contributed by atoms with Crippen molar-refractivity contribution in [2.75, 3.05) is 179 Å². The Labute approximate surface area is 702 Å². The Morgan fingerprint density at radius 1 is 0.246 bits per heavy atom. The molecule has 3 rings (SSSR count). The van der Waals surface area contributed by atoms with Gasteiger partial charge in [-0.15, -0.1) is 0 Å². The van der Waals surface area contributed by atoms with Crippen molar-refractivity contribution in [2.45, 2.75) is 273 Å². The zero-order chi connectivity index (χ0) is 87.2. The first-order valence-corrected chi connectivity index (χ1v) is 42.5. The number of methoxy groups -OCH3 is 2. The van der Waals surface area contributed by atoms with Gasteiger partial charge in [0.1, 0.15) is 32.5 Å². The van der Waals surface area contributed by atoms with Crippen LogP contribution in [0.4, 0.5) is 0 Å². The summed E-state index contributed by atoms with van der Waals surface area (Å²) in [6, 6.07) is 3.72. The molecule has 2 fully saturated rings. The van der Waals surface area contributed by atoms with E-state index in [4.69, 9.17) is 109 Å². The smallest absolute Gasteiger partial charge is 0.338 e. The average Bonchev–Trinajstić information content (AvgIpc) is 0.831. The van der Waals surface area contributed by atoms with Crippen LogP contribution in [-0.2, 0) is 138 Å². The van der Waals surface area contributed by atoms with E-state index < -0.39 is 30.0 Å². The quantitative estimate of drug-likeness (QED) is 0.0332. The zero-order valence-corrected chi connectivity index (χ0v) is 74.4. The summed E-state index contributed by atoms with van der Waals surface area (Å²) in [7, 11) is 2.33. The lowest BCUT2D eigenvalue weighted by molar-refractivity contribution is -0.162. The standard InChI is InChI=1S/C86H148O32/c1-20-29-98-41-57(2)103-42-58(3)104-43-59(4)105-44-60(5)106-45-61(6)107-46-62(7)108-47-63(8)109-48-64(9)110-49-65(10)111-50-66(11)112-51-67(12)113-52-68(13)114-53-69(14)115-54-70(15)116-55-71(16)117-56-72(17)118-86(93)76-27-25-75(26-28-76)84(91)101-35-31-96-30-34-99-82(89)73-21-23-74(24-22-73)83(90)100-36-32-97-33-37-102-85(92)79-39-77(80(87)94-18)38-78(40-79)81(88)95-19/h38-40,57-76H,20-37,41-56H2,1-19H3. The number of rotatable bonds is 69. The number of benzene rings is 1. The molecular formula is C86H148O32. The van der Waals surface area contributed by atoms with Crippen LogP contribution < -0.4 is 0 Å². The van der Waals surface area contributed by atoms with Crippen LogP contribution in [0.3, 0.4) is 0 Å². The topological polar surface area (TPSA) is 350 Å². The molecule has 0 N–H and O–H groups in total. The van der Waals surface area contributed by atoms with Crippen LogP contribution in [-0.4, -0.2) is 319 Å². The van der Waals surface area contributed by atoms with Gasteiger partial charge in [0.2, 0.25) is 0 Å². The molecule has 32 heteroatoms. The van der Waals surface area contributed by atoms with Crippen LogP contribution in [0.1, 0.15) is 207 Å². The highest BCUT2D eigenvalue weighted by molar-refractivity contribution is 6.00. The molecule has 0 spiro atoms. The Balaban J connectivity index is 1.10. The van der Waals surface area contributed by atoms with Crippen molar-refractivity contribution in [1.82, 2.24) is 0 Å². The zero-order valence-electron chi connectivity index (χ0n) is 74.4. The van der Waals surface area contributed by atoms with Crippen molar-refractivity contribution in [3.05, 3.63) is 34.9 Å². The van der Waals surface area contributed by atoms with Gasteiger partial charge in [0.25, 0.3) is 0 Å². The summed E-state index contributed by atoms with van der Waals surface area (Å²) in [5.74, 6) is -5.13. The first-order chi connectivity index (χ1) is 56.4. The minimum Gasteiger partial charge on any atom is -0.465 e. The molecule has 684 valence electrons. The van der Waals surface area contributed by atoms with Crippen molar-refractivity contribution in [3.8, 4) is 0 Å². The van der Waals surface area contributed by atoms with E-state index in [9.17, 15) is 33.6 Å². The lowest BCUT2D eigenvalue weighted by atomic mass is 9.82. The van der Waals surface area contributed by atoms with Gasteiger partial charge in [0.05, 0.1) is 278 Å². The van der Waals surface area contributed by atoms with Crippen LogP contribution >= 0.6 is 0 Å². The van der Waals surface area contributed by atoms with Crippen LogP contribution in [0, 0.1) is 23.7 Å². The maximum absolute atomic E-state index is 13.1. The predicted molar refractivity (Wildman–Crippen MR) is 433 cm³/mol. The molecule has 1 aromatic carbocycles. The molecule has 0 bridgehead atoms. The van der Waals surface area contributed by atoms with Gasteiger partial charge in [-0.05, 0) is 187 Å². The molecular weight excluding hydrogens is 1540 g/mol. The second-order valence-corrected chi connectivity index (χ2v) is 31.2. The fourth-order valence-corrected chi connectivity index (χ4v) is 11.7. The van der Waals surface area contributed by atoms with Crippen LogP contribution in [0.2, 0.25) is 0 Å². The lowest BCUT2D eigenvalue weighted by Gasteiger charge is -2.27. The summed E-state index contributed by atoms with van der Waals surface area (Å²) in [5.41, 5.74) is -0.115. The normalized spacial score (nSPS) is 19.9. The highest BCUT2D eigenvalue weighted by Gasteiger charge is 2.34. The van der Waals surface area contributed by atoms with Gasteiger partial charge in [-0.2, -0.15) is 0 Å². The Bertz CT molecular complexity index is 2800. The second kappa shape index (κ2) is 63.7. The van der Waals surface area contributed by atoms with Crippen molar-refractivity contribution < 1.29 is 152 Å². The number of ether oxygens (including phenoxy) is 25. The van der Waals surface area contributed by atoms with E-state index >= 15 is 0 Å². The third-order valence-electron chi connectivity index (χ3n) is 18.9. The number of carbonyl (C=O) groups is 7. The molecule has 0 radical (unpaired) electrons. The van der Waals surface area contributed by atoms with E-state index in [0.29, 0.717) is 150 Å². The Morgan fingerprint density at radius 2 is 0.441 bits per heavy atom. The monoisotopic (exact) mass is 1690 g/mol. The first kappa shape index (κ1) is 107. The molecule has 32 nitrogen and oxygen atoms in total. The van der Waals surface area contributed by atoms with Gasteiger partial charge < -0.3 is 118 Å². The summed E-state index contributed by atoms with van der Waals surface area (Å²) < 4.78 is 143. The molecule has 2 saturated carbocycles. The van der Waals surface area contributed by atoms with E-state index in [1.807, 2.05) is 104 Å². The van der Waals surface area contributed by atoms with Gasteiger partial charge in [0, 0.05) is 6.61 Å². The molecule has 16 unspecified atom stereocenters. The van der Waals surface area contributed by atoms with Gasteiger partial charge >= 0.3 is 41.8 Å². The fraction of sp³-hybridized carbons (Fsp3) is 0.849. The van der Waals surface area contributed by atoms with Crippen molar-refractivity contribution in [2.24, 2.45) is 23.7 Å². The van der Waals surface area contributed by atoms with Crippen LogP contribution in [0.5, 0.6) is 0 Å². The molecule has 2 aliphatic carbocycles. The SMILES string of the molecule is CCCOCC(C)OCC(C)OCC(C)OCC(C)OCC(C)OCC(C)OCC(C)OCC(C)OCC(C)OCC(C)OCC(C)OCC(C)OCC(C)OCC(C)OCC(C)OCC(C)OC(=O)C1CCC(C(=O)OCCOCCOC(=O)C2CCC(C(=O)OCCOCCOC(=O)c3cc(C(=O)OC)cc(C(=O)OC)c3)CC2)CC1. The molecule has 118 heavy (non-hydrogen) atoms. The van der Waals surface area contributed by atoms with Crippen molar-refractivity contribution in [1.29, 1.82) is 0 Å². The largest absolute Gasteiger partial charge is 0.465 e. The highest BCUT2D eigenvalue weighted by Crippen LogP contribution is 2.32. The van der Waals surface area contributed by atoms with Crippen LogP contribution in [0.25, 0.3) is 0 Å². The van der Waals surface area contributed by atoms with Crippen LogP contribution in [0.15, 0.2) is 18.2 Å². The van der Waals surface area contributed by atoms with E-state index in [1.165, 1.54) is 32.4 Å². The van der Waals surface area contributed by atoms with Crippen molar-refractivity contribution in [3.63, 3.8) is 0 Å². The molecule has 2 aliphatic rings. The molecule has 0 saturated heterocycles. The second-order valence-electron chi connectivity index (χ2n) is 31.2. The maximum atomic E-state index is 13.1. The van der Waals surface area contributed by atoms with Gasteiger partial charge in [-0.3, -0.25) is 19.2 Å². The number of esters is 7. The summed E-state index contributed by atoms with van der Waals surface area (Å²) in [4.78, 5) is 88.0. The Hall–Kier alpha value is -5.21. The summed E-state index contributed by atoms with van der Waals surface area (Å²) in [6.07, 6.45) is 2.33. The molecule has 0 aromatic heterocycles. The summed E-state index contributed by atoms with van der Waals surface area (Å²) >= 11 is 0. The minimum atomic E-state index is -0.800. The molecule has 0 heterocycles. The Kier molecular flexibility index (Phi) is 57.7. The van der Waals surface area contributed by atoms with E-state index in [-0.39, 0.29) is 209 Å². The highest BCUT2D eigenvalue weighted by atomic mass is 16.6. The third-order valence-corrected chi connectivity index (χ3v) is 18.9. The van der Waals surface area contributed by atoms with Gasteiger partial charge in [0.15, 0.2) is 0 Å². The van der Waals surface area contributed by atoms with Crippen molar-refractivity contribution >= 4 is 41.8 Å². The molecule has 1 aromatic rings. The van der Waals surface area contributed by atoms with E-state index in [2.05, 4.69) is 16.4 Å². The van der Waals surface area contributed by atoms with E-state index in [1.54, 1.807) is 6.92 Å². The maximum Gasteiger partial charge on any atom is 0.338 e. The first-order valence-electron chi connectivity index (χ1n) is 42.5. The number of hydrogen-bond donors (Lipinski definition) is 0. The number of hydrogen-bond acceptors (Lipinski definition) is 32. The summed E-state index contributed by atoms with van der Waals surface area (Å²) in [5, 5.41) is 0. The molecule has 0 amide bonds. The Morgan fingerprint density at radius 3 is 0.661 bits per heavy atom. The molecule has 16 atom stereocenters. The van der Waals surface area contributed by atoms with Gasteiger partial charge in [-0.25, -0.2) is 14.4 Å². The molecule has 0 aliphatic heterocycles. The number of carbonyl (C=O) groups excluding carboxylic acids is 7. The fourth-order valence-electron chi connectivity index (χ4n) is 11.7. The minimum absolute atomic E-state index is 0.00722. The summed E-state index contributed by atoms with van der Waals surface area (Å²) in [6.45, 7) is 40.8. The van der Waals surface area contributed by atoms with E-state index in [0.717, 1.165) is 13.0 Å². The lowest BCUT2D eigenvalue weighted by Crippen LogP contribution is -2.32. The van der Waals surface area contributed by atoms with Gasteiger partial charge in [-0.1, -0.05) is 6.92 Å². The third kappa shape index (κ3) is 50.4. The average molecular weight is 1690 g/mol. The predicted octanol–water partition coefficient (Wildman–Crippen LogP) is 10.1.